The number of nitrogens with one attached hydrogen (secondary N) is 1. The Hall–Kier alpha value is -1.95. The van der Waals surface area contributed by atoms with Gasteiger partial charge in [0.25, 0.3) is 5.91 Å². The Morgan fingerprint density at radius 2 is 1.84 bits per heavy atom. The van der Waals surface area contributed by atoms with Gasteiger partial charge in [-0.3, -0.25) is 4.79 Å². The predicted octanol–water partition coefficient (Wildman–Crippen LogP) is 3.56. The number of nitrogen functional groups attached to an aromatic ring is 1. The minimum Gasteiger partial charge on any atom is -0.399 e. The highest BCUT2D eigenvalue weighted by atomic mass is 79.9. The first-order valence-corrected chi connectivity index (χ1v) is 6.07. The molecule has 2 aromatic carbocycles. The molecule has 0 unspecified atom stereocenters. The van der Waals surface area contributed by atoms with E-state index in [-0.39, 0.29) is 16.9 Å². The molecule has 6 heteroatoms. The van der Waals surface area contributed by atoms with Gasteiger partial charge in [0.05, 0.1) is 5.69 Å². The molecule has 0 fully saturated rings. The van der Waals surface area contributed by atoms with Crippen molar-refractivity contribution >= 4 is 33.2 Å². The third kappa shape index (κ3) is 3.29. The van der Waals surface area contributed by atoms with Crippen molar-refractivity contribution in [2.75, 3.05) is 11.1 Å². The molecule has 0 saturated heterocycles. The van der Waals surface area contributed by atoms with Crippen LogP contribution in [0.3, 0.4) is 0 Å². The van der Waals surface area contributed by atoms with Gasteiger partial charge in [-0.25, -0.2) is 8.78 Å². The van der Waals surface area contributed by atoms with Crippen LogP contribution < -0.4 is 11.1 Å². The average Bonchev–Trinajstić information content (AvgIpc) is 2.32. The third-order valence-electron chi connectivity index (χ3n) is 2.36. The average molecular weight is 327 g/mol. The number of nitrogens with two attached hydrogens (primary N) is 1. The largest absolute Gasteiger partial charge is 0.399 e. The molecule has 1 amide bonds. The van der Waals surface area contributed by atoms with Gasteiger partial charge in [0.1, 0.15) is 11.6 Å². The van der Waals surface area contributed by atoms with Gasteiger partial charge in [-0.05, 0) is 52.3 Å². The molecule has 0 bridgehead atoms. The van der Waals surface area contributed by atoms with Crippen LogP contribution in [0.2, 0.25) is 0 Å². The van der Waals surface area contributed by atoms with E-state index in [1.165, 1.54) is 18.2 Å². The molecule has 0 aliphatic carbocycles. The van der Waals surface area contributed by atoms with Crippen LogP contribution in [0.15, 0.2) is 40.9 Å². The molecule has 0 aliphatic heterocycles. The lowest BCUT2D eigenvalue weighted by Gasteiger charge is -2.08. The van der Waals surface area contributed by atoms with Gasteiger partial charge in [0, 0.05) is 15.7 Å². The summed E-state index contributed by atoms with van der Waals surface area (Å²) in [6, 6.07) is 7.37. The van der Waals surface area contributed by atoms with Gasteiger partial charge in [-0.15, -0.1) is 0 Å². The minimum atomic E-state index is -0.608. The monoisotopic (exact) mass is 326 g/mol. The van der Waals surface area contributed by atoms with E-state index in [0.29, 0.717) is 4.47 Å². The van der Waals surface area contributed by atoms with E-state index in [9.17, 15) is 13.6 Å². The minimum absolute atomic E-state index is 0.0636. The summed E-state index contributed by atoms with van der Waals surface area (Å²) in [6.45, 7) is 0. The molecule has 0 atom stereocenters. The number of amides is 1. The number of anilines is 2. The topological polar surface area (TPSA) is 55.1 Å². The lowest BCUT2D eigenvalue weighted by Crippen LogP contribution is -2.13. The summed E-state index contributed by atoms with van der Waals surface area (Å²) in [6.07, 6.45) is 0. The molecule has 3 nitrogen and oxygen atoms in total. The Morgan fingerprint density at radius 1 is 1.11 bits per heavy atom. The second-order valence-electron chi connectivity index (χ2n) is 3.85. The molecule has 98 valence electrons. The zero-order valence-corrected chi connectivity index (χ0v) is 11.2. The summed E-state index contributed by atoms with van der Waals surface area (Å²) < 4.78 is 26.7. The number of carbonyl (C=O) groups excluding carboxylic acids is 1. The Bertz CT molecular complexity index is 626. The van der Waals surface area contributed by atoms with Crippen molar-refractivity contribution in [3.05, 3.63) is 58.1 Å². The Morgan fingerprint density at radius 3 is 2.53 bits per heavy atom. The summed E-state index contributed by atoms with van der Waals surface area (Å²) in [5.41, 5.74) is 5.92. The van der Waals surface area contributed by atoms with Crippen molar-refractivity contribution in [1.82, 2.24) is 0 Å². The maximum absolute atomic E-state index is 13.1. The molecular weight excluding hydrogens is 318 g/mol. The highest BCUT2D eigenvalue weighted by molar-refractivity contribution is 9.10. The van der Waals surface area contributed by atoms with Crippen molar-refractivity contribution in [3.63, 3.8) is 0 Å². The first-order chi connectivity index (χ1) is 8.95. The number of rotatable bonds is 2. The van der Waals surface area contributed by atoms with Gasteiger partial charge in [-0.2, -0.15) is 0 Å². The first-order valence-electron chi connectivity index (χ1n) is 5.28. The van der Waals surface area contributed by atoms with Crippen molar-refractivity contribution in [1.29, 1.82) is 0 Å². The number of hydrogen-bond acceptors (Lipinski definition) is 2. The normalized spacial score (nSPS) is 10.3. The third-order valence-corrected chi connectivity index (χ3v) is 3.05. The summed E-state index contributed by atoms with van der Waals surface area (Å²) in [4.78, 5) is 11.9. The van der Waals surface area contributed by atoms with Crippen LogP contribution in [0.4, 0.5) is 20.2 Å². The highest BCUT2D eigenvalue weighted by Crippen LogP contribution is 2.24. The fraction of sp³-hybridized carbons (Fsp3) is 0. The van der Waals surface area contributed by atoms with Gasteiger partial charge < -0.3 is 11.1 Å². The molecule has 0 spiro atoms. The van der Waals surface area contributed by atoms with Crippen LogP contribution in [-0.4, -0.2) is 5.91 Å². The molecule has 19 heavy (non-hydrogen) atoms. The fourth-order valence-corrected chi connectivity index (χ4v) is 1.88. The zero-order chi connectivity index (χ0) is 14.0. The van der Waals surface area contributed by atoms with Gasteiger partial charge in [0.2, 0.25) is 0 Å². The second-order valence-corrected chi connectivity index (χ2v) is 4.71. The molecule has 2 rings (SSSR count). The predicted molar refractivity (Wildman–Crippen MR) is 72.9 cm³/mol. The van der Waals surface area contributed by atoms with Crippen molar-refractivity contribution in [3.8, 4) is 0 Å². The van der Waals surface area contributed by atoms with E-state index in [2.05, 4.69) is 21.2 Å². The first kappa shape index (κ1) is 13.5. The van der Waals surface area contributed by atoms with Crippen molar-refractivity contribution in [2.45, 2.75) is 0 Å². The van der Waals surface area contributed by atoms with Crippen molar-refractivity contribution in [2.24, 2.45) is 0 Å². The highest BCUT2D eigenvalue weighted by Gasteiger charge is 2.11. The standard InChI is InChI=1S/C13H9BrF2N2O/c14-11-2-1-8(15)6-12(11)18-13(19)7-3-9(16)5-10(17)4-7/h1-6H,17H2,(H,18,19). The number of benzene rings is 2. The maximum Gasteiger partial charge on any atom is 0.255 e. The number of carbonyl (C=O) groups is 1. The molecule has 0 aliphatic rings. The molecular formula is C13H9BrF2N2O. The summed E-state index contributed by atoms with van der Waals surface area (Å²) in [5.74, 6) is -1.67. The number of hydrogen-bond donors (Lipinski definition) is 2. The van der Waals surface area contributed by atoms with E-state index < -0.39 is 17.5 Å². The van der Waals surface area contributed by atoms with E-state index in [1.54, 1.807) is 0 Å². The van der Waals surface area contributed by atoms with E-state index in [1.807, 2.05) is 0 Å². The molecule has 0 aromatic heterocycles. The number of halogens is 3. The zero-order valence-electron chi connectivity index (χ0n) is 9.58. The van der Waals surface area contributed by atoms with Gasteiger partial charge in [0.15, 0.2) is 0 Å². The Kier molecular flexibility index (Phi) is 3.80. The summed E-state index contributed by atoms with van der Waals surface area (Å²) in [5, 5.41) is 2.47. The molecule has 2 aromatic rings. The van der Waals surface area contributed by atoms with Crippen LogP contribution in [0, 0.1) is 11.6 Å². The Labute approximate surface area is 116 Å². The summed E-state index contributed by atoms with van der Waals surface area (Å²) >= 11 is 3.18. The molecule has 3 N–H and O–H groups in total. The molecule has 0 saturated carbocycles. The second kappa shape index (κ2) is 5.36. The maximum atomic E-state index is 13.1. The lowest BCUT2D eigenvalue weighted by atomic mass is 10.1. The van der Waals surface area contributed by atoms with Gasteiger partial charge in [-0.1, -0.05) is 0 Å². The SMILES string of the molecule is Nc1cc(F)cc(C(=O)Nc2cc(F)ccc2Br)c1. The van der Waals surface area contributed by atoms with Crippen molar-refractivity contribution < 1.29 is 13.6 Å². The van der Waals surface area contributed by atoms with E-state index >= 15 is 0 Å². The smallest absolute Gasteiger partial charge is 0.255 e. The van der Waals surface area contributed by atoms with E-state index in [0.717, 1.165) is 18.2 Å². The Balaban J connectivity index is 2.28. The molecule has 0 radical (unpaired) electrons. The fourth-order valence-electron chi connectivity index (χ4n) is 1.53. The van der Waals surface area contributed by atoms with Crippen LogP contribution in [-0.2, 0) is 0 Å². The van der Waals surface area contributed by atoms with Crippen LogP contribution in [0.1, 0.15) is 10.4 Å². The van der Waals surface area contributed by atoms with Crippen LogP contribution >= 0.6 is 15.9 Å². The lowest BCUT2D eigenvalue weighted by molar-refractivity contribution is 0.102. The summed E-state index contributed by atoms with van der Waals surface area (Å²) in [7, 11) is 0. The van der Waals surface area contributed by atoms with Gasteiger partial charge >= 0.3 is 0 Å². The molecule has 0 heterocycles. The quantitative estimate of drug-likeness (QED) is 0.829. The van der Waals surface area contributed by atoms with Crippen LogP contribution in [0.5, 0.6) is 0 Å². The van der Waals surface area contributed by atoms with E-state index in [4.69, 9.17) is 5.73 Å². The van der Waals surface area contributed by atoms with Crippen LogP contribution in [0.25, 0.3) is 0 Å².